The normalized spacial score (nSPS) is 14.0. The average molecular weight is 398 g/mol. The molecule has 28 heavy (non-hydrogen) atoms. The molecule has 0 radical (unpaired) electrons. The van der Waals surface area contributed by atoms with Crippen LogP contribution in [0.5, 0.6) is 5.75 Å². The minimum atomic E-state index is -4.54. The molecule has 1 aromatic heterocycles. The van der Waals surface area contributed by atoms with Gasteiger partial charge in [0.25, 0.3) is 5.69 Å². The van der Waals surface area contributed by atoms with Gasteiger partial charge in [0.2, 0.25) is 5.91 Å². The van der Waals surface area contributed by atoms with E-state index >= 15 is 0 Å². The molecule has 150 valence electrons. The summed E-state index contributed by atoms with van der Waals surface area (Å²) < 4.78 is 45.0. The van der Waals surface area contributed by atoms with E-state index in [0.717, 1.165) is 18.9 Å². The van der Waals surface area contributed by atoms with Crippen LogP contribution in [0.2, 0.25) is 0 Å². The maximum absolute atomic E-state index is 12.9. The van der Waals surface area contributed by atoms with Crippen molar-refractivity contribution < 1.29 is 27.6 Å². The number of hydrogen-bond acceptors (Lipinski definition) is 5. The van der Waals surface area contributed by atoms with E-state index in [1.807, 2.05) is 0 Å². The highest BCUT2D eigenvalue weighted by atomic mass is 19.4. The van der Waals surface area contributed by atoms with Crippen molar-refractivity contribution in [3.05, 3.63) is 45.8 Å². The Balaban J connectivity index is 1.68. The number of non-ortho nitro benzene ring substituents is 1. The average Bonchev–Trinajstić information content (AvgIpc) is 3.38. The molecular formula is C17H17F3N4O4. The van der Waals surface area contributed by atoms with Crippen LogP contribution < -0.4 is 10.1 Å². The number of amides is 1. The van der Waals surface area contributed by atoms with Crippen LogP contribution in [0.25, 0.3) is 0 Å². The van der Waals surface area contributed by atoms with Crippen molar-refractivity contribution in [3.63, 3.8) is 0 Å². The number of methoxy groups -OCH3 is 1. The van der Waals surface area contributed by atoms with E-state index in [1.54, 1.807) is 0 Å². The predicted molar refractivity (Wildman–Crippen MR) is 92.1 cm³/mol. The van der Waals surface area contributed by atoms with Gasteiger partial charge < -0.3 is 10.1 Å². The lowest BCUT2D eigenvalue weighted by atomic mass is 10.2. The van der Waals surface area contributed by atoms with Gasteiger partial charge in [-0.15, -0.1) is 0 Å². The summed E-state index contributed by atoms with van der Waals surface area (Å²) in [5, 5.41) is 16.9. The van der Waals surface area contributed by atoms with E-state index < -0.39 is 22.7 Å². The number of hydrogen-bond donors (Lipinski definition) is 1. The zero-order chi connectivity index (χ0) is 20.5. The number of rotatable bonds is 7. The number of aryl methyl sites for hydroxylation is 1. The molecule has 3 rings (SSSR count). The zero-order valence-corrected chi connectivity index (χ0v) is 14.8. The smallest absolute Gasteiger partial charge is 0.435 e. The summed E-state index contributed by atoms with van der Waals surface area (Å²) in [4.78, 5) is 22.4. The van der Waals surface area contributed by atoms with Crippen LogP contribution in [0.4, 0.5) is 24.5 Å². The molecule has 1 aromatic carbocycles. The Morgan fingerprint density at radius 3 is 2.68 bits per heavy atom. The maximum Gasteiger partial charge on any atom is 0.435 e. The van der Waals surface area contributed by atoms with Crippen molar-refractivity contribution in [3.8, 4) is 5.75 Å². The number of anilines is 1. The molecule has 0 bridgehead atoms. The second-order valence-corrected chi connectivity index (χ2v) is 6.39. The summed E-state index contributed by atoms with van der Waals surface area (Å²) >= 11 is 0. The maximum atomic E-state index is 12.9. The Labute approximate surface area is 157 Å². The van der Waals surface area contributed by atoms with Gasteiger partial charge in [-0.2, -0.15) is 18.3 Å². The van der Waals surface area contributed by atoms with E-state index in [9.17, 15) is 28.1 Å². The molecule has 1 saturated carbocycles. The van der Waals surface area contributed by atoms with Gasteiger partial charge in [0.1, 0.15) is 5.75 Å². The van der Waals surface area contributed by atoms with Crippen molar-refractivity contribution in [2.45, 2.75) is 37.9 Å². The summed E-state index contributed by atoms with van der Waals surface area (Å²) in [5.41, 5.74) is -0.447. The van der Waals surface area contributed by atoms with Crippen LogP contribution in [0.1, 0.15) is 36.6 Å². The molecule has 0 saturated heterocycles. The number of nitrogens with zero attached hydrogens (tertiary/aromatic N) is 3. The number of halogens is 3. The van der Waals surface area contributed by atoms with Gasteiger partial charge in [-0.05, 0) is 25.0 Å². The first kappa shape index (κ1) is 19.6. The lowest BCUT2D eigenvalue weighted by molar-refractivity contribution is -0.384. The fraction of sp³-hybridized carbons (Fsp3) is 0.412. The van der Waals surface area contributed by atoms with Gasteiger partial charge in [0.05, 0.1) is 23.8 Å². The lowest BCUT2D eigenvalue weighted by Crippen LogP contribution is -2.17. The Morgan fingerprint density at radius 1 is 1.39 bits per heavy atom. The van der Waals surface area contributed by atoms with Gasteiger partial charge in [0.15, 0.2) is 5.69 Å². The highest BCUT2D eigenvalue weighted by Crippen LogP contribution is 2.42. The number of nitro benzene ring substituents is 1. The van der Waals surface area contributed by atoms with Crippen LogP contribution in [-0.4, -0.2) is 27.7 Å². The summed E-state index contributed by atoms with van der Waals surface area (Å²) in [5.74, 6) is -0.320. The molecule has 11 heteroatoms. The van der Waals surface area contributed by atoms with Crippen LogP contribution in [0.3, 0.4) is 0 Å². The minimum Gasteiger partial charge on any atom is -0.494 e. The van der Waals surface area contributed by atoms with E-state index in [2.05, 4.69) is 10.4 Å². The molecule has 8 nitrogen and oxygen atoms in total. The van der Waals surface area contributed by atoms with Crippen molar-refractivity contribution in [2.75, 3.05) is 12.4 Å². The SMILES string of the molecule is COc1cc([N+](=O)[O-])ccc1NC(=O)CCn1nc(C(F)(F)F)cc1C1CC1. The largest absolute Gasteiger partial charge is 0.494 e. The fourth-order valence-electron chi connectivity index (χ4n) is 2.77. The standard InChI is InChI=1S/C17H17F3N4O4/c1-28-14-8-11(24(26)27)4-5-12(14)21-16(25)6-7-23-13(10-2-3-10)9-15(22-23)17(18,19)20/h4-5,8-10H,2-3,6-7H2,1H3,(H,21,25). The fourth-order valence-corrected chi connectivity index (χ4v) is 2.77. The van der Waals surface area contributed by atoms with Gasteiger partial charge >= 0.3 is 6.18 Å². The van der Waals surface area contributed by atoms with E-state index in [1.165, 1.54) is 30.0 Å². The van der Waals surface area contributed by atoms with Gasteiger partial charge in [-0.25, -0.2) is 0 Å². The number of alkyl halides is 3. The minimum absolute atomic E-state index is 0.0109. The Bertz CT molecular complexity index is 906. The first-order valence-electron chi connectivity index (χ1n) is 8.46. The van der Waals surface area contributed by atoms with E-state index in [0.29, 0.717) is 5.69 Å². The Hall–Kier alpha value is -3.11. The van der Waals surface area contributed by atoms with E-state index in [-0.39, 0.29) is 36.0 Å². The number of carbonyl (C=O) groups excluding carboxylic acids is 1. The Kier molecular flexibility index (Phi) is 5.25. The third kappa shape index (κ3) is 4.41. The number of nitro groups is 1. The third-order valence-corrected chi connectivity index (χ3v) is 4.32. The number of nitrogens with one attached hydrogen (secondary N) is 1. The third-order valence-electron chi connectivity index (χ3n) is 4.32. The van der Waals surface area contributed by atoms with Crippen molar-refractivity contribution in [1.82, 2.24) is 9.78 Å². The van der Waals surface area contributed by atoms with Crippen LogP contribution in [-0.2, 0) is 17.5 Å². The molecule has 1 fully saturated rings. The zero-order valence-electron chi connectivity index (χ0n) is 14.8. The Morgan fingerprint density at radius 2 is 2.11 bits per heavy atom. The number of aromatic nitrogens is 2. The van der Waals surface area contributed by atoms with Crippen LogP contribution >= 0.6 is 0 Å². The quantitative estimate of drug-likeness (QED) is 0.566. The number of ether oxygens (including phenoxy) is 1. The molecule has 1 heterocycles. The van der Waals surface area contributed by atoms with E-state index in [4.69, 9.17) is 4.74 Å². The molecule has 0 spiro atoms. The summed E-state index contributed by atoms with van der Waals surface area (Å²) in [6, 6.07) is 4.76. The molecule has 0 unspecified atom stereocenters. The lowest BCUT2D eigenvalue weighted by Gasteiger charge is -2.11. The molecule has 0 atom stereocenters. The molecule has 1 amide bonds. The van der Waals surface area contributed by atoms with Crippen molar-refractivity contribution in [2.24, 2.45) is 0 Å². The highest BCUT2D eigenvalue weighted by Gasteiger charge is 2.37. The van der Waals surface area contributed by atoms with Crippen LogP contribution in [0, 0.1) is 10.1 Å². The predicted octanol–water partition coefficient (Wildman–Crippen LogP) is 3.72. The topological polar surface area (TPSA) is 99.3 Å². The second-order valence-electron chi connectivity index (χ2n) is 6.39. The highest BCUT2D eigenvalue weighted by molar-refractivity contribution is 5.92. The van der Waals surface area contributed by atoms with Gasteiger partial charge in [-0.3, -0.25) is 19.6 Å². The molecule has 1 aliphatic rings. The summed E-state index contributed by atoms with van der Waals surface area (Å²) in [7, 11) is 1.30. The summed E-state index contributed by atoms with van der Waals surface area (Å²) in [6.45, 7) is -0.0109. The molecule has 1 aliphatic carbocycles. The second kappa shape index (κ2) is 7.49. The van der Waals surface area contributed by atoms with Gasteiger partial charge in [-0.1, -0.05) is 0 Å². The van der Waals surface area contributed by atoms with Crippen molar-refractivity contribution >= 4 is 17.3 Å². The molecular weight excluding hydrogens is 381 g/mol. The molecule has 1 N–H and O–H groups in total. The number of carbonyl (C=O) groups is 1. The first-order chi connectivity index (χ1) is 13.2. The van der Waals surface area contributed by atoms with Crippen LogP contribution in [0.15, 0.2) is 24.3 Å². The number of benzene rings is 1. The first-order valence-corrected chi connectivity index (χ1v) is 8.46. The van der Waals surface area contributed by atoms with Crippen molar-refractivity contribution in [1.29, 1.82) is 0 Å². The summed E-state index contributed by atoms with van der Waals surface area (Å²) in [6.07, 6.45) is -3.05. The molecule has 0 aliphatic heterocycles. The monoisotopic (exact) mass is 398 g/mol. The molecule has 2 aromatic rings. The van der Waals surface area contributed by atoms with Gasteiger partial charge in [0, 0.05) is 30.6 Å².